The van der Waals surface area contributed by atoms with Crippen LogP contribution in [-0.2, 0) is 4.74 Å². The summed E-state index contributed by atoms with van der Waals surface area (Å²) in [5, 5.41) is 0. The maximum Gasteiger partial charge on any atom is 0.197 e. The fourth-order valence-electron chi connectivity index (χ4n) is 2.08. The van der Waals surface area contributed by atoms with Gasteiger partial charge in [0.2, 0.25) is 0 Å². The number of hydrogen-bond donors (Lipinski definition) is 0. The second-order valence-electron chi connectivity index (χ2n) is 5.08. The molecule has 2 aromatic carbocycles. The average molecular weight is 328 g/mol. The van der Waals surface area contributed by atoms with E-state index in [9.17, 15) is 0 Å². The first kappa shape index (κ1) is 17.9. The van der Waals surface area contributed by atoms with Crippen LogP contribution in [0.1, 0.15) is 19.4 Å². The van der Waals surface area contributed by atoms with E-state index in [0.717, 1.165) is 22.8 Å². The second kappa shape index (κ2) is 9.63. The molecule has 4 heteroatoms. The SMILES string of the molecule is C=Cc1ccc(OC(C)OCCOc2ccc(OCC)cc2)cc1. The molecule has 0 saturated carbocycles. The molecule has 0 spiro atoms. The molecule has 0 radical (unpaired) electrons. The molecule has 0 saturated heterocycles. The van der Waals surface area contributed by atoms with Gasteiger partial charge in [-0.25, -0.2) is 0 Å². The summed E-state index contributed by atoms with van der Waals surface area (Å²) >= 11 is 0. The van der Waals surface area contributed by atoms with Gasteiger partial charge in [0, 0.05) is 0 Å². The molecular formula is C20H24O4. The Hall–Kier alpha value is -2.46. The van der Waals surface area contributed by atoms with Gasteiger partial charge >= 0.3 is 0 Å². The van der Waals surface area contributed by atoms with Crippen LogP contribution in [0.4, 0.5) is 0 Å². The Kier molecular flexibility index (Phi) is 7.18. The van der Waals surface area contributed by atoms with Crippen molar-refractivity contribution in [2.24, 2.45) is 0 Å². The minimum absolute atomic E-state index is 0.344. The van der Waals surface area contributed by atoms with Crippen LogP contribution in [0.15, 0.2) is 55.1 Å². The Balaban J connectivity index is 1.66. The first-order chi connectivity index (χ1) is 11.7. The highest BCUT2D eigenvalue weighted by atomic mass is 16.7. The van der Waals surface area contributed by atoms with Crippen LogP contribution in [-0.4, -0.2) is 26.1 Å². The highest BCUT2D eigenvalue weighted by Crippen LogP contribution is 2.18. The summed E-state index contributed by atoms with van der Waals surface area (Å²) < 4.78 is 22.3. The Morgan fingerprint density at radius 2 is 1.46 bits per heavy atom. The van der Waals surface area contributed by atoms with Crippen molar-refractivity contribution in [3.8, 4) is 17.2 Å². The molecule has 4 nitrogen and oxygen atoms in total. The van der Waals surface area contributed by atoms with E-state index in [2.05, 4.69) is 6.58 Å². The molecule has 0 aliphatic heterocycles. The topological polar surface area (TPSA) is 36.9 Å². The quantitative estimate of drug-likeness (QED) is 0.474. The molecule has 0 aromatic heterocycles. The van der Waals surface area contributed by atoms with Crippen LogP contribution in [0, 0.1) is 0 Å². The van der Waals surface area contributed by atoms with Crippen LogP contribution in [0.5, 0.6) is 17.2 Å². The van der Waals surface area contributed by atoms with E-state index in [1.54, 1.807) is 6.08 Å². The molecule has 1 unspecified atom stereocenters. The number of hydrogen-bond acceptors (Lipinski definition) is 4. The van der Waals surface area contributed by atoms with Gasteiger partial charge in [-0.1, -0.05) is 24.8 Å². The third-order valence-corrected chi connectivity index (χ3v) is 3.26. The van der Waals surface area contributed by atoms with Gasteiger partial charge in [0.1, 0.15) is 23.9 Å². The van der Waals surface area contributed by atoms with Gasteiger partial charge in [0.15, 0.2) is 6.29 Å². The molecular weight excluding hydrogens is 304 g/mol. The molecule has 128 valence electrons. The van der Waals surface area contributed by atoms with E-state index < -0.39 is 0 Å². The molecule has 0 heterocycles. The van der Waals surface area contributed by atoms with Gasteiger partial charge in [-0.05, 0) is 55.8 Å². The molecule has 0 aliphatic rings. The minimum atomic E-state index is -0.344. The van der Waals surface area contributed by atoms with Crippen LogP contribution >= 0.6 is 0 Å². The molecule has 0 fully saturated rings. The number of ether oxygens (including phenoxy) is 4. The van der Waals surface area contributed by atoms with Crippen LogP contribution in [0.2, 0.25) is 0 Å². The van der Waals surface area contributed by atoms with Gasteiger partial charge in [-0.15, -0.1) is 0 Å². The molecule has 2 rings (SSSR count). The molecule has 0 amide bonds. The minimum Gasteiger partial charge on any atom is -0.494 e. The summed E-state index contributed by atoms with van der Waals surface area (Å²) in [6, 6.07) is 15.2. The molecule has 2 aromatic rings. The maximum absolute atomic E-state index is 5.68. The van der Waals surface area contributed by atoms with Crippen molar-refractivity contribution in [2.75, 3.05) is 19.8 Å². The van der Waals surface area contributed by atoms with Gasteiger partial charge in [0.05, 0.1) is 13.2 Å². The van der Waals surface area contributed by atoms with Gasteiger partial charge in [-0.3, -0.25) is 0 Å². The van der Waals surface area contributed by atoms with E-state index in [-0.39, 0.29) is 6.29 Å². The number of benzene rings is 2. The molecule has 24 heavy (non-hydrogen) atoms. The Labute approximate surface area is 143 Å². The van der Waals surface area contributed by atoms with Gasteiger partial charge < -0.3 is 18.9 Å². The lowest BCUT2D eigenvalue weighted by Crippen LogP contribution is -2.19. The molecule has 0 aliphatic carbocycles. The zero-order chi connectivity index (χ0) is 17.2. The van der Waals surface area contributed by atoms with Crippen LogP contribution in [0.3, 0.4) is 0 Å². The van der Waals surface area contributed by atoms with E-state index in [1.807, 2.05) is 62.4 Å². The van der Waals surface area contributed by atoms with Crippen molar-refractivity contribution in [3.05, 3.63) is 60.7 Å². The third kappa shape index (κ3) is 5.97. The molecule has 0 bridgehead atoms. The van der Waals surface area contributed by atoms with Crippen molar-refractivity contribution < 1.29 is 18.9 Å². The summed E-state index contributed by atoms with van der Waals surface area (Å²) in [4.78, 5) is 0. The van der Waals surface area contributed by atoms with E-state index >= 15 is 0 Å². The van der Waals surface area contributed by atoms with E-state index in [4.69, 9.17) is 18.9 Å². The lowest BCUT2D eigenvalue weighted by atomic mass is 10.2. The smallest absolute Gasteiger partial charge is 0.197 e. The summed E-state index contributed by atoms with van der Waals surface area (Å²) in [5.41, 5.74) is 1.06. The summed E-state index contributed by atoms with van der Waals surface area (Å²) in [6.07, 6.45) is 1.45. The highest BCUT2D eigenvalue weighted by molar-refractivity contribution is 5.48. The Bertz CT molecular complexity index is 605. The van der Waals surface area contributed by atoms with Crippen molar-refractivity contribution in [1.82, 2.24) is 0 Å². The van der Waals surface area contributed by atoms with Gasteiger partial charge in [0.25, 0.3) is 0 Å². The predicted molar refractivity (Wildman–Crippen MR) is 95.7 cm³/mol. The summed E-state index contributed by atoms with van der Waals surface area (Å²) in [7, 11) is 0. The Morgan fingerprint density at radius 1 is 0.875 bits per heavy atom. The summed E-state index contributed by atoms with van der Waals surface area (Å²) in [5.74, 6) is 2.39. The molecule has 0 N–H and O–H groups in total. The highest BCUT2D eigenvalue weighted by Gasteiger charge is 2.04. The van der Waals surface area contributed by atoms with Crippen LogP contribution in [0.25, 0.3) is 6.08 Å². The van der Waals surface area contributed by atoms with Crippen molar-refractivity contribution >= 4 is 6.08 Å². The average Bonchev–Trinajstić information content (AvgIpc) is 2.61. The third-order valence-electron chi connectivity index (χ3n) is 3.26. The van der Waals surface area contributed by atoms with Crippen LogP contribution < -0.4 is 14.2 Å². The lowest BCUT2D eigenvalue weighted by Gasteiger charge is -2.16. The largest absolute Gasteiger partial charge is 0.494 e. The monoisotopic (exact) mass is 328 g/mol. The second-order valence-corrected chi connectivity index (χ2v) is 5.08. The van der Waals surface area contributed by atoms with Gasteiger partial charge in [-0.2, -0.15) is 0 Å². The fourth-order valence-corrected chi connectivity index (χ4v) is 2.08. The standard InChI is InChI=1S/C20H24O4/c1-4-17-6-8-20(9-7-17)24-16(3)22-14-15-23-19-12-10-18(11-13-19)21-5-2/h4,6-13,16H,1,5,14-15H2,2-3H3. The number of rotatable bonds is 10. The zero-order valence-electron chi connectivity index (χ0n) is 14.2. The summed E-state index contributed by atoms with van der Waals surface area (Å²) in [6.45, 7) is 9.09. The van der Waals surface area contributed by atoms with Crippen molar-refractivity contribution in [1.29, 1.82) is 0 Å². The van der Waals surface area contributed by atoms with E-state index in [1.165, 1.54) is 0 Å². The maximum atomic E-state index is 5.68. The van der Waals surface area contributed by atoms with Crippen molar-refractivity contribution in [3.63, 3.8) is 0 Å². The predicted octanol–water partition coefficient (Wildman–Crippen LogP) is 4.55. The zero-order valence-corrected chi connectivity index (χ0v) is 14.2. The first-order valence-electron chi connectivity index (χ1n) is 8.07. The normalized spacial score (nSPS) is 11.6. The van der Waals surface area contributed by atoms with Crippen molar-refractivity contribution in [2.45, 2.75) is 20.1 Å². The lowest BCUT2D eigenvalue weighted by molar-refractivity contribution is -0.0739. The van der Waals surface area contributed by atoms with E-state index in [0.29, 0.717) is 19.8 Å². The first-order valence-corrected chi connectivity index (χ1v) is 8.07. The fraction of sp³-hybridized carbons (Fsp3) is 0.300. The molecule has 1 atom stereocenters. The Morgan fingerprint density at radius 3 is 2.04 bits per heavy atom.